The van der Waals surface area contributed by atoms with E-state index in [9.17, 15) is 0 Å². The highest BCUT2D eigenvalue weighted by Crippen LogP contribution is 2.31. The third-order valence-electron chi connectivity index (χ3n) is 2.57. The van der Waals surface area contributed by atoms with Crippen molar-refractivity contribution in [1.82, 2.24) is 0 Å². The van der Waals surface area contributed by atoms with E-state index in [4.69, 9.17) is 5.11 Å². The molecule has 0 aromatic heterocycles. The number of hydrogen-bond acceptors (Lipinski definition) is 1. The molecule has 1 atom stereocenters. The van der Waals surface area contributed by atoms with Crippen molar-refractivity contribution in [2.75, 3.05) is 6.61 Å². The lowest BCUT2D eigenvalue weighted by Crippen LogP contribution is -2.22. The molecule has 1 unspecified atom stereocenters. The van der Waals surface area contributed by atoms with E-state index in [-0.39, 0.29) is 5.41 Å². The highest BCUT2D eigenvalue weighted by molar-refractivity contribution is 4.90. The second-order valence-electron chi connectivity index (χ2n) is 3.81. The summed E-state index contributed by atoms with van der Waals surface area (Å²) in [6.07, 6.45) is 3.26. The molecular weight excluding hydrogens is 136 g/mol. The molecule has 0 bridgehead atoms. The molecule has 0 heterocycles. The average molecular weight is 157 g/mol. The standard InChI is InChI=1S/C10H21O/c1-5-9(3)7-10(4,6-2)8-11/h11H,5-8H2,1-4H3. The minimum atomic E-state index is 0.125. The summed E-state index contributed by atoms with van der Waals surface area (Å²) >= 11 is 0. The van der Waals surface area contributed by atoms with E-state index in [0.29, 0.717) is 6.61 Å². The molecule has 0 amide bonds. The normalized spacial score (nSPS) is 16.9. The Balaban J connectivity index is 3.86. The first-order valence-electron chi connectivity index (χ1n) is 4.50. The molecule has 0 saturated heterocycles. The first-order valence-corrected chi connectivity index (χ1v) is 4.50. The largest absolute Gasteiger partial charge is 0.396 e. The average Bonchev–Trinajstić information content (AvgIpc) is 2.04. The maximum Gasteiger partial charge on any atom is 0.0484 e. The molecule has 0 fully saturated rings. The Morgan fingerprint density at radius 1 is 1.36 bits per heavy atom. The lowest BCUT2D eigenvalue weighted by atomic mass is 9.79. The molecule has 0 aliphatic heterocycles. The zero-order valence-electron chi connectivity index (χ0n) is 8.28. The lowest BCUT2D eigenvalue weighted by molar-refractivity contribution is 0.131. The molecular formula is C10H21O. The maximum atomic E-state index is 9.12. The highest BCUT2D eigenvalue weighted by Gasteiger charge is 2.22. The summed E-state index contributed by atoms with van der Waals surface area (Å²) in [5.41, 5.74) is 0.125. The zero-order chi connectivity index (χ0) is 8.91. The van der Waals surface area contributed by atoms with Gasteiger partial charge in [-0.25, -0.2) is 0 Å². The first kappa shape index (κ1) is 11.0. The number of hydrogen-bond donors (Lipinski definition) is 1. The van der Waals surface area contributed by atoms with Crippen LogP contribution in [-0.4, -0.2) is 11.7 Å². The molecule has 0 spiro atoms. The Morgan fingerprint density at radius 3 is 2.18 bits per heavy atom. The molecule has 1 radical (unpaired) electrons. The lowest BCUT2D eigenvalue weighted by Gasteiger charge is -2.28. The van der Waals surface area contributed by atoms with Crippen LogP contribution in [0.3, 0.4) is 0 Å². The Hall–Kier alpha value is -0.0400. The van der Waals surface area contributed by atoms with Gasteiger partial charge in [0.15, 0.2) is 0 Å². The third kappa shape index (κ3) is 3.76. The van der Waals surface area contributed by atoms with Crippen LogP contribution in [0.1, 0.15) is 47.0 Å². The van der Waals surface area contributed by atoms with E-state index < -0.39 is 0 Å². The molecule has 0 aromatic rings. The van der Waals surface area contributed by atoms with Gasteiger partial charge in [-0.2, -0.15) is 0 Å². The van der Waals surface area contributed by atoms with E-state index in [0.717, 1.165) is 19.3 Å². The van der Waals surface area contributed by atoms with Gasteiger partial charge in [0.25, 0.3) is 0 Å². The summed E-state index contributed by atoms with van der Waals surface area (Å²) < 4.78 is 0. The summed E-state index contributed by atoms with van der Waals surface area (Å²) in [5, 5.41) is 9.12. The number of rotatable bonds is 5. The van der Waals surface area contributed by atoms with E-state index in [1.807, 2.05) is 0 Å². The quantitative estimate of drug-likeness (QED) is 0.650. The molecule has 0 rings (SSSR count). The molecule has 0 saturated carbocycles. The minimum absolute atomic E-state index is 0.125. The fourth-order valence-electron chi connectivity index (χ4n) is 1.15. The van der Waals surface area contributed by atoms with Crippen LogP contribution in [0.4, 0.5) is 0 Å². The maximum absolute atomic E-state index is 9.12. The Bertz CT molecular complexity index is 95.0. The Kier molecular flexibility index (Phi) is 4.74. The van der Waals surface area contributed by atoms with Crippen LogP contribution in [0, 0.1) is 11.3 Å². The van der Waals surface area contributed by atoms with Crippen molar-refractivity contribution in [1.29, 1.82) is 0 Å². The fraction of sp³-hybridized carbons (Fsp3) is 0.900. The van der Waals surface area contributed by atoms with Crippen molar-refractivity contribution in [3.8, 4) is 0 Å². The van der Waals surface area contributed by atoms with E-state index in [2.05, 4.69) is 27.7 Å². The van der Waals surface area contributed by atoms with Gasteiger partial charge in [0.2, 0.25) is 0 Å². The van der Waals surface area contributed by atoms with Crippen molar-refractivity contribution >= 4 is 0 Å². The zero-order valence-corrected chi connectivity index (χ0v) is 8.28. The van der Waals surface area contributed by atoms with E-state index >= 15 is 0 Å². The van der Waals surface area contributed by atoms with Crippen LogP contribution in [0.2, 0.25) is 0 Å². The van der Waals surface area contributed by atoms with Crippen molar-refractivity contribution in [3.63, 3.8) is 0 Å². The van der Waals surface area contributed by atoms with Gasteiger partial charge < -0.3 is 5.11 Å². The molecule has 1 nitrogen and oxygen atoms in total. The predicted octanol–water partition coefficient (Wildman–Crippen LogP) is 2.79. The fourth-order valence-corrected chi connectivity index (χ4v) is 1.15. The van der Waals surface area contributed by atoms with Gasteiger partial charge in [0, 0.05) is 6.61 Å². The predicted molar refractivity (Wildman–Crippen MR) is 49.3 cm³/mol. The minimum Gasteiger partial charge on any atom is -0.396 e. The van der Waals surface area contributed by atoms with Crippen molar-refractivity contribution < 1.29 is 5.11 Å². The van der Waals surface area contributed by atoms with Crippen molar-refractivity contribution in [2.24, 2.45) is 5.41 Å². The SMILES string of the molecule is CC[C](C)CC(C)(CC)CO. The van der Waals surface area contributed by atoms with Gasteiger partial charge in [-0.15, -0.1) is 0 Å². The van der Waals surface area contributed by atoms with Crippen LogP contribution >= 0.6 is 0 Å². The molecule has 1 N–H and O–H groups in total. The number of aliphatic hydroxyl groups excluding tert-OH is 1. The van der Waals surface area contributed by atoms with Crippen LogP contribution in [0.25, 0.3) is 0 Å². The van der Waals surface area contributed by atoms with Gasteiger partial charge >= 0.3 is 0 Å². The van der Waals surface area contributed by atoms with Crippen LogP contribution < -0.4 is 0 Å². The van der Waals surface area contributed by atoms with Crippen LogP contribution in [0.5, 0.6) is 0 Å². The summed E-state index contributed by atoms with van der Waals surface area (Å²) in [6, 6.07) is 0. The van der Waals surface area contributed by atoms with E-state index in [1.54, 1.807) is 0 Å². The summed E-state index contributed by atoms with van der Waals surface area (Å²) in [5.74, 6) is 1.49. The second kappa shape index (κ2) is 4.76. The van der Waals surface area contributed by atoms with Gasteiger partial charge in [0.05, 0.1) is 0 Å². The topological polar surface area (TPSA) is 20.2 Å². The van der Waals surface area contributed by atoms with E-state index in [1.165, 1.54) is 5.92 Å². The third-order valence-corrected chi connectivity index (χ3v) is 2.57. The summed E-state index contributed by atoms with van der Waals surface area (Å²) in [6.45, 7) is 8.93. The molecule has 11 heavy (non-hydrogen) atoms. The second-order valence-corrected chi connectivity index (χ2v) is 3.81. The van der Waals surface area contributed by atoms with Crippen molar-refractivity contribution in [2.45, 2.75) is 47.0 Å². The van der Waals surface area contributed by atoms with Crippen molar-refractivity contribution in [3.05, 3.63) is 5.92 Å². The molecule has 0 aromatic carbocycles. The first-order chi connectivity index (χ1) is 5.08. The smallest absolute Gasteiger partial charge is 0.0484 e. The van der Waals surface area contributed by atoms with Gasteiger partial charge in [-0.05, 0) is 24.2 Å². The molecule has 67 valence electrons. The summed E-state index contributed by atoms with van der Waals surface area (Å²) in [7, 11) is 0. The molecule has 0 aliphatic carbocycles. The molecule has 0 aliphatic rings. The Morgan fingerprint density at radius 2 is 1.91 bits per heavy atom. The van der Waals surface area contributed by atoms with Crippen LogP contribution in [0.15, 0.2) is 0 Å². The van der Waals surface area contributed by atoms with Gasteiger partial charge in [0.1, 0.15) is 0 Å². The molecule has 1 heteroatoms. The Labute approximate surface area is 70.8 Å². The van der Waals surface area contributed by atoms with Crippen LogP contribution in [-0.2, 0) is 0 Å². The summed E-state index contributed by atoms with van der Waals surface area (Å²) in [4.78, 5) is 0. The van der Waals surface area contributed by atoms with Gasteiger partial charge in [-0.1, -0.05) is 34.1 Å². The monoisotopic (exact) mass is 157 g/mol. The van der Waals surface area contributed by atoms with Gasteiger partial charge in [-0.3, -0.25) is 0 Å². The highest BCUT2D eigenvalue weighted by atomic mass is 16.3. The number of aliphatic hydroxyl groups is 1.